The first kappa shape index (κ1) is 20.9. The number of nitrogens with zero attached hydrogens (tertiary/aromatic N) is 1. The fourth-order valence-corrected chi connectivity index (χ4v) is 4.36. The van der Waals surface area contributed by atoms with Gasteiger partial charge in [-0.3, -0.25) is 9.59 Å². The zero-order chi connectivity index (χ0) is 22.1. The summed E-state index contributed by atoms with van der Waals surface area (Å²) < 4.78 is 13.3. The largest absolute Gasteiger partial charge is 0.350 e. The van der Waals surface area contributed by atoms with Crippen molar-refractivity contribution in [2.45, 2.75) is 25.7 Å². The highest BCUT2D eigenvalue weighted by atomic mass is 32.2. The van der Waals surface area contributed by atoms with Crippen LogP contribution in [-0.2, 0) is 9.59 Å². The van der Waals surface area contributed by atoms with Gasteiger partial charge in [-0.25, -0.2) is 9.29 Å². The molecule has 3 aromatic carbocycles. The van der Waals surface area contributed by atoms with E-state index >= 15 is 0 Å². The fraction of sp³-hybridized carbons (Fsp3) is 0.120. The Labute approximate surface area is 184 Å². The Morgan fingerprint density at radius 2 is 1.39 bits per heavy atom. The third-order valence-electron chi connectivity index (χ3n) is 4.86. The van der Waals surface area contributed by atoms with Gasteiger partial charge in [0, 0.05) is 10.6 Å². The molecule has 0 spiro atoms. The zero-order valence-electron chi connectivity index (χ0n) is 17.4. The minimum atomic E-state index is -0.436. The molecule has 6 heteroatoms. The second-order valence-electron chi connectivity index (χ2n) is 7.54. The fourth-order valence-electron chi connectivity index (χ4n) is 3.43. The molecule has 0 saturated carbocycles. The summed E-state index contributed by atoms with van der Waals surface area (Å²) in [6, 6.07) is 19.0. The first-order valence-corrected chi connectivity index (χ1v) is 10.6. The number of carbonyl (C=O) groups excluding carboxylic acids is 2. The van der Waals surface area contributed by atoms with Crippen LogP contribution in [0.3, 0.4) is 0 Å². The summed E-state index contributed by atoms with van der Waals surface area (Å²) in [5.41, 5.74) is 4.27. The predicted molar refractivity (Wildman–Crippen MR) is 122 cm³/mol. The molecular formula is C25H21FN2O2S. The predicted octanol–water partition coefficient (Wildman–Crippen LogP) is 5.74. The molecule has 0 saturated heterocycles. The van der Waals surface area contributed by atoms with Gasteiger partial charge in [0.15, 0.2) is 0 Å². The average Bonchev–Trinajstić information content (AvgIpc) is 2.94. The molecule has 3 aromatic rings. The van der Waals surface area contributed by atoms with E-state index in [2.05, 4.69) is 5.32 Å². The first-order chi connectivity index (χ1) is 14.8. The Morgan fingerprint density at radius 1 is 0.774 bits per heavy atom. The Hall–Kier alpha value is -3.38. The van der Waals surface area contributed by atoms with Gasteiger partial charge in [-0.2, -0.15) is 0 Å². The normalized spacial score (nSPS) is 13.9. The third kappa shape index (κ3) is 4.39. The van der Waals surface area contributed by atoms with Crippen LogP contribution >= 0.6 is 11.8 Å². The smallest absolute Gasteiger partial charge is 0.283 e. The number of imide groups is 1. The number of anilines is 2. The van der Waals surface area contributed by atoms with Gasteiger partial charge in [0.1, 0.15) is 16.4 Å². The van der Waals surface area contributed by atoms with Gasteiger partial charge in [-0.15, -0.1) is 0 Å². The summed E-state index contributed by atoms with van der Waals surface area (Å²) in [6.45, 7) is 5.84. The molecule has 1 N–H and O–H groups in total. The highest BCUT2D eigenvalue weighted by molar-refractivity contribution is 8.04. The maximum atomic E-state index is 13.4. The molecule has 2 amide bonds. The molecule has 31 heavy (non-hydrogen) atoms. The van der Waals surface area contributed by atoms with Gasteiger partial charge in [0.2, 0.25) is 0 Å². The minimum Gasteiger partial charge on any atom is -0.350 e. The Kier molecular flexibility index (Phi) is 5.65. The van der Waals surface area contributed by atoms with Crippen molar-refractivity contribution in [3.63, 3.8) is 0 Å². The standard InChI is InChI=1S/C25H21FN2O2S/c1-15-4-10-21(11-5-15)31-23-22(27-19-8-6-18(26)7-9-19)24(29)28(25(23)30)20-13-16(2)12-17(3)14-20/h4-14,27H,1-3H3. The van der Waals surface area contributed by atoms with Gasteiger partial charge in [0.25, 0.3) is 11.8 Å². The summed E-state index contributed by atoms with van der Waals surface area (Å²) in [5.74, 6) is -1.20. The molecule has 1 heterocycles. The van der Waals surface area contributed by atoms with E-state index in [1.807, 2.05) is 63.2 Å². The molecule has 1 aliphatic heterocycles. The van der Waals surface area contributed by atoms with Crippen molar-refractivity contribution < 1.29 is 14.0 Å². The van der Waals surface area contributed by atoms with Crippen LogP contribution in [0.5, 0.6) is 0 Å². The van der Waals surface area contributed by atoms with Gasteiger partial charge >= 0.3 is 0 Å². The Bertz CT molecular complexity index is 1110. The van der Waals surface area contributed by atoms with Crippen LogP contribution in [0.25, 0.3) is 0 Å². The van der Waals surface area contributed by atoms with Crippen molar-refractivity contribution in [2.75, 3.05) is 10.2 Å². The number of rotatable bonds is 5. The van der Waals surface area contributed by atoms with Crippen LogP contribution in [0.2, 0.25) is 0 Å². The lowest BCUT2D eigenvalue weighted by Gasteiger charge is -2.16. The summed E-state index contributed by atoms with van der Waals surface area (Å²) in [4.78, 5) is 29.1. The number of benzene rings is 3. The second-order valence-corrected chi connectivity index (χ2v) is 8.63. The molecule has 156 valence electrons. The van der Waals surface area contributed by atoms with Crippen molar-refractivity contribution in [3.8, 4) is 0 Å². The third-order valence-corrected chi connectivity index (χ3v) is 5.95. The molecule has 4 rings (SSSR count). The van der Waals surface area contributed by atoms with Crippen LogP contribution in [0.15, 0.2) is 82.2 Å². The number of carbonyl (C=O) groups is 2. The summed E-state index contributed by atoms with van der Waals surface area (Å²) in [5, 5.41) is 3.04. The molecule has 0 atom stereocenters. The number of hydrogen-bond acceptors (Lipinski definition) is 4. The van der Waals surface area contributed by atoms with E-state index in [0.717, 1.165) is 21.6 Å². The number of amides is 2. The van der Waals surface area contributed by atoms with Crippen molar-refractivity contribution >= 4 is 35.0 Å². The van der Waals surface area contributed by atoms with Crippen LogP contribution in [0.1, 0.15) is 16.7 Å². The molecule has 4 nitrogen and oxygen atoms in total. The Morgan fingerprint density at radius 3 is 2.00 bits per heavy atom. The van der Waals surface area contributed by atoms with Gasteiger partial charge in [-0.05, 0) is 80.4 Å². The SMILES string of the molecule is Cc1ccc(SC2=C(Nc3ccc(F)cc3)C(=O)N(c3cc(C)cc(C)c3)C2=O)cc1. The van der Waals surface area contributed by atoms with Crippen LogP contribution in [-0.4, -0.2) is 11.8 Å². The van der Waals surface area contributed by atoms with Crippen molar-refractivity contribution in [1.29, 1.82) is 0 Å². The van der Waals surface area contributed by atoms with Crippen LogP contribution in [0.4, 0.5) is 15.8 Å². The molecule has 0 bridgehead atoms. The monoisotopic (exact) mass is 432 g/mol. The van der Waals surface area contributed by atoms with E-state index in [1.165, 1.54) is 40.9 Å². The van der Waals surface area contributed by atoms with E-state index in [4.69, 9.17) is 0 Å². The van der Waals surface area contributed by atoms with E-state index in [-0.39, 0.29) is 17.4 Å². The first-order valence-electron chi connectivity index (χ1n) is 9.80. The van der Waals surface area contributed by atoms with Crippen molar-refractivity contribution in [3.05, 3.63) is 99.8 Å². The average molecular weight is 433 g/mol. The zero-order valence-corrected chi connectivity index (χ0v) is 18.2. The maximum Gasteiger partial charge on any atom is 0.283 e. The van der Waals surface area contributed by atoms with Crippen molar-refractivity contribution in [2.24, 2.45) is 0 Å². The molecule has 0 unspecified atom stereocenters. The highest BCUT2D eigenvalue weighted by Gasteiger charge is 2.40. The number of nitrogens with one attached hydrogen (secondary N) is 1. The molecule has 0 fully saturated rings. The van der Waals surface area contributed by atoms with Crippen LogP contribution < -0.4 is 10.2 Å². The quantitative estimate of drug-likeness (QED) is 0.523. The molecule has 1 aliphatic rings. The summed E-state index contributed by atoms with van der Waals surface area (Å²) in [6.07, 6.45) is 0. The number of hydrogen-bond donors (Lipinski definition) is 1. The molecule has 0 aliphatic carbocycles. The van der Waals surface area contributed by atoms with E-state index in [0.29, 0.717) is 16.3 Å². The lowest BCUT2D eigenvalue weighted by Crippen LogP contribution is -2.32. The highest BCUT2D eigenvalue weighted by Crippen LogP contribution is 2.38. The molecular weight excluding hydrogens is 411 g/mol. The van der Waals surface area contributed by atoms with E-state index < -0.39 is 5.91 Å². The molecule has 0 radical (unpaired) electrons. The maximum absolute atomic E-state index is 13.4. The minimum absolute atomic E-state index is 0.182. The summed E-state index contributed by atoms with van der Waals surface area (Å²) in [7, 11) is 0. The number of thioether (sulfide) groups is 1. The lowest BCUT2D eigenvalue weighted by atomic mass is 10.1. The lowest BCUT2D eigenvalue weighted by molar-refractivity contribution is -0.120. The topological polar surface area (TPSA) is 49.4 Å². The second kappa shape index (κ2) is 8.40. The Balaban J connectivity index is 1.75. The van der Waals surface area contributed by atoms with Gasteiger partial charge < -0.3 is 5.32 Å². The number of halogens is 1. The van der Waals surface area contributed by atoms with Gasteiger partial charge in [-0.1, -0.05) is 35.5 Å². The molecule has 0 aromatic heterocycles. The van der Waals surface area contributed by atoms with E-state index in [9.17, 15) is 14.0 Å². The summed E-state index contributed by atoms with van der Waals surface area (Å²) >= 11 is 1.24. The number of aryl methyl sites for hydroxylation is 3. The van der Waals surface area contributed by atoms with Crippen LogP contribution in [0, 0.1) is 26.6 Å². The van der Waals surface area contributed by atoms with Crippen molar-refractivity contribution in [1.82, 2.24) is 0 Å². The van der Waals surface area contributed by atoms with E-state index in [1.54, 1.807) is 0 Å². The van der Waals surface area contributed by atoms with Gasteiger partial charge in [0.05, 0.1) is 5.69 Å².